The molecule has 0 aromatic heterocycles. The average Bonchev–Trinajstić information content (AvgIpc) is 2.18. The van der Waals surface area contributed by atoms with Gasteiger partial charge in [-0.25, -0.2) is 0 Å². The van der Waals surface area contributed by atoms with Crippen molar-refractivity contribution in [1.29, 1.82) is 0 Å². The van der Waals surface area contributed by atoms with Crippen LogP contribution in [0.4, 0.5) is 0 Å². The summed E-state index contributed by atoms with van der Waals surface area (Å²) in [5.41, 5.74) is 0. The standard InChI is InChI=1S/C10H20N2O2/c1-11-6-4-9(5-7-11)12(2)8-10(13)14-3/h9H,4-8H2,1-3H3. The molecule has 0 aromatic rings. The van der Waals surface area contributed by atoms with E-state index in [1.165, 1.54) is 7.11 Å². The second kappa shape index (κ2) is 5.32. The van der Waals surface area contributed by atoms with Crippen LogP contribution in [0.1, 0.15) is 12.8 Å². The molecule has 1 aliphatic heterocycles. The lowest BCUT2D eigenvalue weighted by Crippen LogP contribution is -2.43. The molecule has 0 saturated carbocycles. The number of esters is 1. The van der Waals surface area contributed by atoms with Crippen LogP contribution in [-0.4, -0.2) is 62.7 Å². The summed E-state index contributed by atoms with van der Waals surface area (Å²) in [4.78, 5) is 15.5. The first-order chi connectivity index (χ1) is 6.63. The number of piperidine rings is 1. The molecule has 0 unspecified atom stereocenters. The molecular formula is C10H20N2O2. The first-order valence-electron chi connectivity index (χ1n) is 5.09. The van der Waals surface area contributed by atoms with Gasteiger partial charge >= 0.3 is 5.97 Å². The Morgan fingerprint density at radius 1 is 1.50 bits per heavy atom. The number of likely N-dealkylation sites (tertiary alicyclic amines) is 1. The van der Waals surface area contributed by atoms with Gasteiger partial charge in [0.2, 0.25) is 0 Å². The van der Waals surface area contributed by atoms with E-state index in [0.717, 1.165) is 25.9 Å². The zero-order valence-electron chi connectivity index (χ0n) is 9.32. The van der Waals surface area contributed by atoms with E-state index in [1.807, 2.05) is 7.05 Å². The first-order valence-corrected chi connectivity index (χ1v) is 5.09. The third-order valence-corrected chi connectivity index (χ3v) is 2.92. The van der Waals surface area contributed by atoms with Gasteiger partial charge in [0.05, 0.1) is 13.7 Å². The molecule has 0 aromatic carbocycles. The molecule has 0 amide bonds. The summed E-state index contributed by atoms with van der Waals surface area (Å²) in [6.45, 7) is 2.65. The highest BCUT2D eigenvalue weighted by atomic mass is 16.5. The van der Waals surface area contributed by atoms with Gasteiger partial charge in [-0.15, -0.1) is 0 Å². The van der Waals surface area contributed by atoms with E-state index in [2.05, 4.69) is 21.6 Å². The predicted molar refractivity (Wildman–Crippen MR) is 55.2 cm³/mol. The summed E-state index contributed by atoms with van der Waals surface area (Å²) in [6.07, 6.45) is 2.29. The van der Waals surface area contributed by atoms with Gasteiger partial charge in [0.1, 0.15) is 0 Å². The number of ether oxygens (including phenoxy) is 1. The molecule has 1 heterocycles. The second-order valence-corrected chi connectivity index (χ2v) is 4.03. The van der Waals surface area contributed by atoms with Gasteiger partial charge in [0.25, 0.3) is 0 Å². The van der Waals surface area contributed by atoms with Crippen molar-refractivity contribution in [3.8, 4) is 0 Å². The summed E-state index contributed by atoms with van der Waals surface area (Å²) in [5, 5.41) is 0. The van der Waals surface area contributed by atoms with Crippen LogP contribution >= 0.6 is 0 Å². The second-order valence-electron chi connectivity index (χ2n) is 4.03. The number of hydrogen-bond acceptors (Lipinski definition) is 4. The van der Waals surface area contributed by atoms with Crippen LogP contribution in [0, 0.1) is 0 Å². The Balaban J connectivity index is 2.30. The molecule has 4 heteroatoms. The Bertz CT molecular complexity index is 189. The normalized spacial score (nSPS) is 20.0. The lowest BCUT2D eigenvalue weighted by atomic mass is 10.0. The van der Waals surface area contributed by atoms with Crippen molar-refractivity contribution >= 4 is 5.97 Å². The highest BCUT2D eigenvalue weighted by Gasteiger charge is 2.21. The molecule has 14 heavy (non-hydrogen) atoms. The third kappa shape index (κ3) is 3.27. The fraction of sp³-hybridized carbons (Fsp3) is 0.900. The quantitative estimate of drug-likeness (QED) is 0.609. The number of nitrogens with zero attached hydrogens (tertiary/aromatic N) is 2. The predicted octanol–water partition coefficient (Wildman–Crippen LogP) is 0.185. The van der Waals surface area contributed by atoms with Crippen molar-refractivity contribution in [2.45, 2.75) is 18.9 Å². The first kappa shape index (κ1) is 11.5. The monoisotopic (exact) mass is 200 g/mol. The van der Waals surface area contributed by atoms with Gasteiger partial charge in [-0.2, -0.15) is 0 Å². The lowest BCUT2D eigenvalue weighted by Gasteiger charge is -2.34. The molecule has 1 saturated heterocycles. The van der Waals surface area contributed by atoms with E-state index in [9.17, 15) is 4.79 Å². The van der Waals surface area contributed by atoms with Crippen LogP contribution in [0.5, 0.6) is 0 Å². The van der Waals surface area contributed by atoms with E-state index < -0.39 is 0 Å². The van der Waals surface area contributed by atoms with E-state index in [0.29, 0.717) is 12.6 Å². The summed E-state index contributed by atoms with van der Waals surface area (Å²) < 4.78 is 4.64. The number of rotatable bonds is 3. The van der Waals surface area contributed by atoms with E-state index >= 15 is 0 Å². The Kier molecular flexibility index (Phi) is 4.35. The van der Waals surface area contributed by atoms with Crippen molar-refractivity contribution < 1.29 is 9.53 Å². The summed E-state index contributed by atoms with van der Waals surface area (Å²) >= 11 is 0. The fourth-order valence-electron chi connectivity index (χ4n) is 1.83. The highest BCUT2D eigenvalue weighted by molar-refractivity contribution is 5.71. The van der Waals surface area contributed by atoms with Crippen LogP contribution in [0.15, 0.2) is 0 Å². The Morgan fingerprint density at radius 3 is 2.57 bits per heavy atom. The summed E-state index contributed by atoms with van der Waals surface area (Å²) in [7, 11) is 5.56. The summed E-state index contributed by atoms with van der Waals surface area (Å²) in [6, 6.07) is 0.533. The van der Waals surface area contributed by atoms with E-state index in [1.54, 1.807) is 0 Å². The van der Waals surface area contributed by atoms with Gasteiger partial charge in [-0.3, -0.25) is 9.69 Å². The molecule has 1 aliphatic rings. The average molecular weight is 200 g/mol. The lowest BCUT2D eigenvalue weighted by molar-refractivity contribution is -0.142. The maximum atomic E-state index is 11.1. The van der Waals surface area contributed by atoms with Crippen LogP contribution in [0.3, 0.4) is 0 Å². The van der Waals surface area contributed by atoms with Crippen molar-refractivity contribution in [3.63, 3.8) is 0 Å². The number of hydrogen-bond donors (Lipinski definition) is 0. The minimum atomic E-state index is -0.147. The highest BCUT2D eigenvalue weighted by Crippen LogP contribution is 2.13. The van der Waals surface area contributed by atoms with Gasteiger partial charge in [0, 0.05) is 6.04 Å². The van der Waals surface area contributed by atoms with Gasteiger partial charge in [-0.05, 0) is 40.0 Å². The minimum absolute atomic E-state index is 0.147. The van der Waals surface area contributed by atoms with Crippen LogP contribution in [0.2, 0.25) is 0 Å². The Hall–Kier alpha value is -0.610. The topological polar surface area (TPSA) is 32.8 Å². The molecular weight excluding hydrogens is 180 g/mol. The number of carbonyl (C=O) groups is 1. The van der Waals surface area contributed by atoms with Crippen LogP contribution in [-0.2, 0) is 9.53 Å². The zero-order chi connectivity index (χ0) is 10.6. The molecule has 4 nitrogen and oxygen atoms in total. The van der Waals surface area contributed by atoms with Crippen LogP contribution in [0.25, 0.3) is 0 Å². The molecule has 0 spiro atoms. The molecule has 1 rings (SSSR count). The third-order valence-electron chi connectivity index (χ3n) is 2.92. The summed E-state index contributed by atoms with van der Waals surface area (Å²) in [5.74, 6) is -0.147. The van der Waals surface area contributed by atoms with Gasteiger partial charge in [0.15, 0.2) is 0 Å². The maximum Gasteiger partial charge on any atom is 0.319 e. The number of methoxy groups -OCH3 is 1. The van der Waals surface area contributed by atoms with Gasteiger partial charge < -0.3 is 9.64 Å². The number of likely N-dealkylation sites (N-methyl/N-ethyl adjacent to an activating group) is 1. The minimum Gasteiger partial charge on any atom is -0.468 e. The molecule has 0 atom stereocenters. The maximum absolute atomic E-state index is 11.1. The largest absolute Gasteiger partial charge is 0.468 e. The smallest absolute Gasteiger partial charge is 0.319 e. The molecule has 0 aliphatic carbocycles. The Labute approximate surface area is 85.8 Å². The van der Waals surface area contributed by atoms with Crippen molar-refractivity contribution in [1.82, 2.24) is 9.80 Å². The Morgan fingerprint density at radius 2 is 2.07 bits per heavy atom. The molecule has 82 valence electrons. The SMILES string of the molecule is COC(=O)CN(C)C1CCN(C)CC1. The van der Waals surface area contributed by atoms with Gasteiger partial charge in [-0.1, -0.05) is 0 Å². The zero-order valence-corrected chi connectivity index (χ0v) is 9.32. The molecule has 0 bridgehead atoms. The molecule has 0 radical (unpaired) electrons. The van der Waals surface area contributed by atoms with E-state index in [-0.39, 0.29) is 5.97 Å². The number of carbonyl (C=O) groups excluding carboxylic acids is 1. The van der Waals surface area contributed by atoms with Crippen molar-refractivity contribution in [2.75, 3.05) is 40.8 Å². The van der Waals surface area contributed by atoms with Crippen molar-refractivity contribution in [2.24, 2.45) is 0 Å². The molecule has 0 N–H and O–H groups in total. The fourth-order valence-corrected chi connectivity index (χ4v) is 1.83. The molecule has 1 fully saturated rings. The van der Waals surface area contributed by atoms with Crippen LogP contribution < -0.4 is 0 Å². The van der Waals surface area contributed by atoms with Crippen molar-refractivity contribution in [3.05, 3.63) is 0 Å². The van der Waals surface area contributed by atoms with E-state index in [4.69, 9.17) is 0 Å².